The number of aromatic amines is 1. The summed E-state index contributed by atoms with van der Waals surface area (Å²) in [6, 6.07) is 3.55. The van der Waals surface area contributed by atoms with Crippen LogP contribution in [0.5, 0.6) is 0 Å². The molecule has 28 heteroatoms. The molecule has 88 heavy (non-hydrogen) atoms. The topological polar surface area (TPSA) is 426 Å². The van der Waals surface area contributed by atoms with E-state index in [1.165, 1.54) is 25.5 Å². The van der Waals surface area contributed by atoms with Crippen LogP contribution in [0.15, 0.2) is 61.2 Å². The Balaban J connectivity index is 1.42. The average molecular weight is 1230 g/mol. The number of aliphatic hydroxyl groups excluding tert-OH is 1. The minimum atomic E-state index is -1.42. The number of para-hydroxylation sites is 1. The minimum Gasteiger partial charge on any atom is -0.390 e. The molecule has 0 aliphatic carbocycles. The van der Waals surface area contributed by atoms with E-state index in [9.17, 15) is 62.2 Å². The molecule has 2 aromatic carbocycles. The first-order chi connectivity index (χ1) is 41.6. The first-order valence-corrected chi connectivity index (χ1v) is 29.2. The number of hydrogen-bond acceptors (Lipinski definition) is 14. The van der Waals surface area contributed by atoms with E-state index in [-0.39, 0.29) is 80.9 Å². The van der Waals surface area contributed by atoms with Crippen molar-refractivity contribution in [2.45, 2.75) is 161 Å². The third kappa shape index (κ3) is 23.2. The van der Waals surface area contributed by atoms with Crippen molar-refractivity contribution in [2.75, 3.05) is 13.1 Å². The molecule has 0 bridgehead atoms. The van der Waals surface area contributed by atoms with Crippen molar-refractivity contribution in [1.82, 2.24) is 62.4 Å². The number of amides is 11. The van der Waals surface area contributed by atoms with E-state index in [0.717, 1.165) is 23.0 Å². The van der Waals surface area contributed by atoms with Crippen LogP contribution in [-0.4, -0.2) is 146 Å². The molecule has 4 rings (SSSR count). The zero-order valence-electron chi connectivity index (χ0n) is 50.9. The van der Waals surface area contributed by atoms with Gasteiger partial charge in [0.05, 0.1) is 37.0 Å². The van der Waals surface area contributed by atoms with Gasteiger partial charge < -0.3 is 74.0 Å². The number of nitrogens with one attached hydrogen (secondary N) is 10. The number of aromatic nitrogens is 3. The Bertz CT molecular complexity index is 3150. The number of unbranched alkanes of at least 4 members (excludes halogenated alkanes) is 1. The molecule has 2 heterocycles. The quantitative estimate of drug-likeness (QED) is 0.0268. The molecule has 478 valence electrons. The van der Waals surface area contributed by atoms with Gasteiger partial charge in [-0.1, -0.05) is 59.7 Å². The van der Waals surface area contributed by atoms with Gasteiger partial charge in [0, 0.05) is 73.8 Å². The van der Waals surface area contributed by atoms with Crippen molar-refractivity contribution in [3.63, 3.8) is 0 Å². The molecular weight excluding hydrogens is 1140 g/mol. The Morgan fingerprint density at radius 1 is 0.705 bits per heavy atom. The Morgan fingerprint density at radius 2 is 1.35 bits per heavy atom. The first kappa shape index (κ1) is 71.2. The van der Waals surface area contributed by atoms with Gasteiger partial charge in [-0.15, -0.1) is 0 Å². The van der Waals surface area contributed by atoms with Crippen LogP contribution in [0.1, 0.15) is 127 Å². The smallest absolute Gasteiger partial charge is 0.251 e. The number of nitriles is 1. The van der Waals surface area contributed by atoms with E-state index in [4.69, 9.17) is 16.7 Å². The van der Waals surface area contributed by atoms with Crippen molar-refractivity contribution >= 4 is 75.9 Å². The number of aryl methyl sites for hydroxylation is 1. The van der Waals surface area contributed by atoms with Gasteiger partial charge in [-0.05, 0) is 86.6 Å². The van der Waals surface area contributed by atoms with E-state index in [0.29, 0.717) is 17.7 Å². The highest BCUT2D eigenvalue weighted by Crippen LogP contribution is 2.20. The van der Waals surface area contributed by atoms with Crippen LogP contribution in [0.2, 0.25) is 0 Å². The van der Waals surface area contributed by atoms with Gasteiger partial charge >= 0.3 is 0 Å². The van der Waals surface area contributed by atoms with Gasteiger partial charge in [-0.2, -0.15) is 5.26 Å². The molecule has 2 aromatic heterocycles. The molecule has 0 aliphatic heterocycles. The lowest BCUT2D eigenvalue weighted by molar-refractivity contribution is -0.135. The Hall–Kier alpha value is -9.26. The summed E-state index contributed by atoms with van der Waals surface area (Å²) in [5.41, 5.74) is 12.6. The second-order valence-electron chi connectivity index (χ2n) is 22.9. The lowest BCUT2D eigenvalue weighted by Gasteiger charge is -2.28. The summed E-state index contributed by atoms with van der Waals surface area (Å²) in [6.07, 6.45) is 2.85. The number of H-pyrrole nitrogens is 1. The maximum Gasteiger partial charge on any atom is 0.251 e. The maximum absolute atomic E-state index is 14.3. The van der Waals surface area contributed by atoms with Gasteiger partial charge in [-0.3, -0.25) is 52.7 Å². The van der Waals surface area contributed by atoms with Crippen LogP contribution in [-0.2, 0) is 67.8 Å². The third-order valence-corrected chi connectivity index (χ3v) is 14.2. The summed E-state index contributed by atoms with van der Waals surface area (Å²) in [4.78, 5) is 154. The van der Waals surface area contributed by atoms with Gasteiger partial charge in [0.25, 0.3) is 5.91 Å². The molecule has 0 fully saturated rings. The van der Waals surface area contributed by atoms with Crippen molar-refractivity contribution in [1.29, 1.82) is 5.26 Å². The normalized spacial score (nSPS) is 14.0. The number of hydrogen-bond donors (Lipinski definition) is 13. The number of carbonyl (C=O) groups is 11. The number of benzene rings is 2. The Kier molecular flexibility index (Phi) is 28.1. The van der Waals surface area contributed by atoms with E-state index < -0.39 is 138 Å². The molecular formula is C60H84FN15O12. The molecule has 8 atom stereocenters. The lowest BCUT2D eigenvalue weighted by atomic mass is 9.96. The minimum absolute atomic E-state index is 0.0234. The van der Waals surface area contributed by atoms with Crippen molar-refractivity contribution in [3.05, 3.63) is 89.4 Å². The predicted molar refractivity (Wildman–Crippen MR) is 320 cm³/mol. The number of carbonyl (C=O) groups excluding carboxylic acids is 11. The molecule has 15 N–H and O–H groups in total. The van der Waals surface area contributed by atoms with Gasteiger partial charge in [-0.25, -0.2) is 9.37 Å². The highest BCUT2D eigenvalue weighted by molar-refractivity contribution is 5.98. The van der Waals surface area contributed by atoms with E-state index in [1.54, 1.807) is 62.0 Å². The highest BCUT2D eigenvalue weighted by Gasteiger charge is 2.34. The summed E-state index contributed by atoms with van der Waals surface area (Å²) >= 11 is 0. The second-order valence-corrected chi connectivity index (χ2v) is 22.9. The van der Waals surface area contributed by atoms with Gasteiger partial charge in [0.2, 0.25) is 59.1 Å². The molecule has 27 nitrogen and oxygen atoms in total. The Labute approximate surface area is 510 Å². The highest BCUT2D eigenvalue weighted by atomic mass is 18.2. The molecule has 4 aromatic rings. The van der Waals surface area contributed by atoms with Crippen LogP contribution in [0.25, 0.3) is 10.9 Å². The molecule has 0 saturated heterocycles. The Morgan fingerprint density at radius 3 is 1.99 bits per heavy atom. The third-order valence-electron chi connectivity index (χ3n) is 14.2. The maximum atomic E-state index is 14.3. The predicted octanol–water partition coefficient (Wildman–Crippen LogP) is 0.0774. The summed E-state index contributed by atoms with van der Waals surface area (Å²) in [5.74, 6) is -9.61. The largest absolute Gasteiger partial charge is 0.390 e. The number of aliphatic hydroxyl groups is 1. The number of nitrogens with two attached hydrogens (primary N) is 2. The average Bonchev–Trinajstić information content (AvgIpc) is 2.76. The van der Waals surface area contributed by atoms with E-state index in [2.05, 4.69) is 57.8 Å². The van der Waals surface area contributed by atoms with E-state index in [1.807, 2.05) is 27.7 Å². The summed E-state index contributed by atoms with van der Waals surface area (Å²) in [6.45, 7) is 11.4. The fourth-order valence-electron chi connectivity index (χ4n) is 9.41. The molecule has 0 spiro atoms. The van der Waals surface area contributed by atoms with Crippen LogP contribution in [0.4, 0.5) is 4.39 Å². The SMILES string of the molecule is CC(C)C[C@H](NC(=O)C[C@H](O)[C@H](CC(C)C)NC(=O)[C@H](Cc1cncn1C)NC(=O)CNC(=O)[C@@H](NC(=O)[C@H](C)NC(=O)[C@H](Cc1c[nH]c2ccccc12)NC(=O)[C@H](CCC(N)=O)NC(=O)CCCCNC(=O)c1ccc([18F])c(C#N)c1)C(C)C)C(N)=O. The fourth-order valence-corrected chi connectivity index (χ4v) is 9.41. The number of rotatable bonds is 36. The fraction of sp³-hybridized carbons (Fsp3) is 0.517. The molecule has 0 saturated carbocycles. The monoisotopic (exact) mass is 1220 g/mol. The summed E-state index contributed by atoms with van der Waals surface area (Å²) < 4.78 is 15.4. The van der Waals surface area contributed by atoms with Gasteiger partial charge in [0.15, 0.2) is 0 Å². The number of fused-ring (bicyclic) bond motifs is 1. The first-order valence-electron chi connectivity index (χ1n) is 29.2. The number of imidazole rings is 1. The molecule has 0 radical (unpaired) electrons. The van der Waals surface area contributed by atoms with E-state index >= 15 is 0 Å². The zero-order chi connectivity index (χ0) is 65.4. The summed E-state index contributed by atoms with van der Waals surface area (Å²) in [5, 5.41) is 44.7. The van der Waals surface area contributed by atoms with Crippen LogP contribution in [0, 0.1) is 34.9 Å². The lowest BCUT2D eigenvalue weighted by Crippen LogP contribution is -2.59. The molecule has 11 amide bonds. The summed E-state index contributed by atoms with van der Waals surface area (Å²) in [7, 11) is 1.68. The standard InChI is InChI=1S/C60H84FN15O12/c1-32(2)21-44(48(77)26-51(80)71-45(54(64)82)22-33(3)4)73-59(87)47(25-39-29-65-31-76(39)8)72-52(81)30-68-60(88)53(34(5)6)75-55(83)35(7)69-58(86)46(24-38-28-67-42-14-10-9-13-40(38)42)74-57(85)43(18-19-49(63)78)70-50(79)15-11-12-20-66-56(84)36-16-17-41(61)37(23-36)27-62/h9-10,13-14,16-17,23,28-29,31-35,43-48,53,67,77H,11-12,15,18-22,24-26,30H2,1-8H3,(H2,63,78)(H2,64,82)(H,66,84)(H,68,88)(H,69,86)(H,70,79)(H,71,80)(H,72,81)(H,73,87)(H,74,85)(H,75,83)/t35-,43-,44-,45-,46-,47-,48-,53-/m0/s1/i61-1. The molecule has 0 unspecified atom stereocenters. The van der Waals surface area contributed by atoms with Crippen molar-refractivity contribution < 1.29 is 62.2 Å². The number of nitrogens with zero attached hydrogens (tertiary/aromatic N) is 3. The van der Waals surface area contributed by atoms with Crippen LogP contribution < -0.4 is 59.3 Å². The number of primary amides is 2. The van der Waals surface area contributed by atoms with Crippen molar-refractivity contribution in [2.24, 2.45) is 36.3 Å². The zero-order valence-corrected chi connectivity index (χ0v) is 50.9. The van der Waals surface area contributed by atoms with Crippen molar-refractivity contribution in [3.8, 4) is 6.07 Å². The van der Waals surface area contributed by atoms with Crippen LogP contribution >= 0.6 is 0 Å². The number of halogens is 1. The van der Waals surface area contributed by atoms with Gasteiger partial charge in [0.1, 0.15) is 48.1 Å². The molecule has 0 aliphatic rings. The second kappa shape index (κ2) is 34.8. The van der Waals surface area contributed by atoms with Crippen LogP contribution in [0.3, 0.4) is 0 Å².